The first-order valence-electron chi connectivity index (χ1n) is 5.39. The highest BCUT2D eigenvalue weighted by Gasteiger charge is 2.04. The zero-order chi connectivity index (χ0) is 11.4. The van der Waals surface area contributed by atoms with Crippen molar-refractivity contribution in [1.29, 1.82) is 0 Å². The van der Waals surface area contributed by atoms with E-state index in [4.69, 9.17) is 5.73 Å². The van der Waals surface area contributed by atoms with E-state index >= 15 is 0 Å². The monoisotopic (exact) mass is 229 g/mol. The summed E-state index contributed by atoms with van der Waals surface area (Å²) in [7, 11) is 0. The van der Waals surface area contributed by atoms with Gasteiger partial charge < -0.3 is 5.73 Å². The van der Waals surface area contributed by atoms with Gasteiger partial charge in [-0.15, -0.1) is 11.8 Å². The molecule has 0 fully saturated rings. The topological polar surface area (TPSA) is 26.0 Å². The minimum absolute atomic E-state index is 0.814. The highest BCUT2D eigenvalue weighted by molar-refractivity contribution is 7.99. The van der Waals surface area contributed by atoms with Crippen LogP contribution >= 0.6 is 11.8 Å². The van der Waals surface area contributed by atoms with Crippen LogP contribution in [0.2, 0.25) is 0 Å². The van der Waals surface area contributed by atoms with Gasteiger partial charge in [-0.05, 0) is 35.1 Å². The molecule has 2 heteroatoms. The van der Waals surface area contributed by atoms with E-state index in [1.54, 1.807) is 0 Å². The Labute approximate surface area is 101 Å². The minimum atomic E-state index is 0.814. The molecule has 0 saturated carbocycles. The van der Waals surface area contributed by atoms with Gasteiger partial charge in [-0.1, -0.05) is 37.3 Å². The summed E-state index contributed by atoms with van der Waals surface area (Å²) < 4.78 is 0. The fourth-order valence-corrected chi connectivity index (χ4v) is 2.52. The lowest BCUT2D eigenvalue weighted by Gasteiger charge is -2.08. The number of nitrogens with two attached hydrogens (primary N) is 1. The third kappa shape index (κ3) is 2.39. The molecule has 0 amide bonds. The first kappa shape index (κ1) is 11.1. The SMILES string of the molecule is CCSc1ccccc1-c1cccc(N)c1. The van der Waals surface area contributed by atoms with Crippen molar-refractivity contribution in [2.75, 3.05) is 11.5 Å². The van der Waals surface area contributed by atoms with E-state index in [0.717, 1.165) is 11.4 Å². The van der Waals surface area contributed by atoms with Crippen molar-refractivity contribution in [3.63, 3.8) is 0 Å². The van der Waals surface area contributed by atoms with Gasteiger partial charge in [0.15, 0.2) is 0 Å². The van der Waals surface area contributed by atoms with Crippen molar-refractivity contribution < 1.29 is 0 Å². The fraction of sp³-hybridized carbons (Fsp3) is 0.143. The molecule has 0 bridgehead atoms. The molecule has 1 nitrogen and oxygen atoms in total. The molecule has 0 heterocycles. The number of thioether (sulfide) groups is 1. The Morgan fingerprint density at radius 1 is 1.06 bits per heavy atom. The number of nitrogen functional groups attached to an aromatic ring is 1. The summed E-state index contributed by atoms with van der Waals surface area (Å²) in [4.78, 5) is 1.32. The molecule has 0 unspecified atom stereocenters. The molecule has 2 N–H and O–H groups in total. The maximum atomic E-state index is 5.81. The molecule has 0 radical (unpaired) electrons. The largest absolute Gasteiger partial charge is 0.399 e. The zero-order valence-corrected chi connectivity index (χ0v) is 10.1. The van der Waals surface area contributed by atoms with Gasteiger partial charge in [0.05, 0.1) is 0 Å². The van der Waals surface area contributed by atoms with Gasteiger partial charge in [0.2, 0.25) is 0 Å². The Hall–Kier alpha value is -1.41. The third-order valence-corrected chi connectivity index (χ3v) is 3.34. The highest BCUT2D eigenvalue weighted by atomic mass is 32.2. The average Bonchev–Trinajstić information content (AvgIpc) is 2.30. The quantitative estimate of drug-likeness (QED) is 0.634. The Morgan fingerprint density at radius 3 is 2.62 bits per heavy atom. The molecule has 2 aromatic carbocycles. The van der Waals surface area contributed by atoms with Gasteiger partial charge in [0, 0.05) is 10.6 Å². The van der Waals surface area contributed by atoms with Crippen LogP contribution in [0, 0.1) is 0 Å². The lowest BCUT2D eigenvalue weighted by atomic mass is 10.1. The van der Waals surface area contributed by atoms with Crippen LogP contribution in [0.15, 0.2) is 53.4 Å². The second-order valence-corrected chi connectivity index (χ2v) is 4.86. The van der Waals surface area contributed by atoms with Crippen LogP contribution in [0.5, 0.6) is 0 Å². The molecule has 0 aliphatic carbocycles. The standard InChI is InChI=1S/C14H15NS/c1-2-16-14-9-4-3-8-13(14)11-6-5-7-12(15)10-11/h3-10H,2,15H2,1H3. The van der Waals surface area contributed by atoms with Crippen LogP contribution in [-0.4, -0.2) is 5.75 Å². The number of hydrogen-bond acceptors (Lipinski definition) is 2. The first-order valence-corrected chi connectivity index (χ1v) is 6.37. The van der Waals surface area contributed by atoms with Crippen molar-refractivity contribution in [2.24, 2.45) is 0 Å². The number of anilines is 1. The van der Waals surface area contributed by atoms with E-state index in [0.29, 0.717) is 0 Å². The molecule has 82 valence electrons. The number of rotatable bonds is 3. The Balaban J connectivity index is 2.46. The smallest absolute Gasteiger partial charge is 0.0320 e. The maximum absolute atomic E-state index is 5.81. The summed E-state index contributed by atoms with van der Waals surface area (Å²) in [5.41, 5.74) is 9.08. The maximum Gasteiger partial charge on any atom is 0.0320 e. The van der Waals surface area contributed by atoms with E-state index in [-0.39, 0.29) is 0 Å². The number of benzene rings is 2. The number of hydrogen-bond donors (Lipinski definition) is 1. The van der Waals surface area contributed by atoms with Crippen LogP contribution in [0.3, 0.4) is 0 Å². The normalized spacial score (nSPS) is 10.3. The Morgan fingerprint density at radius 2 is 1.88 bits per heavy atom. The van der Waals surface area contributed by atoms with Crippen LogP contribution < -0.4 is 5.73 Å². The summed E-state index contributed by atoms with van der Waals surface area (Å²) in [6.45, 7) is 2.17. The molecule has 2 aromatic rings. The predicted molar refractivity (Wildman–Crippen MR) is 72.7 cm³/mol. The third-order valence-electron chi connectivity index (χ3n) is 2.38. The van der Waals surface area contributed by atoms with Gasteiger partial charge in [-0.3, -0.25) is 0 Å². The second-order valence-electron chi connectivity index (χ2n) is 3.55. The van der Waals surface area contributed by atoms with Gasteiger partial charge in [-0.25, -0.2) is 0 Å². The van der Waals surface area contributed by atoms with Crippen molar-refractivity contribution in [1.82, 2.24) is 0 Å². The predicted octanol–water partition coefficient (Wildman–Crippen LogP) is 4.05. The molecule has 16 heavy (non-hydrogen) atoms. The molecule has 0 aromatic heterocycles. The van der Waals surface area contributed by atoms with E-state index in [1.807, 2.05) is 30.0 Å². The van der Waals surface area contributed by atoms with E-state index in [1.165, 1.54) is 16.0 Å². The summed E-state index contributed by atoms with van der Waals surface area (Å²) in [6.07, 6.45) is 0. The van der Waals surface area contributed by atoms with Crippen molar-refractivity contribution in [2.45, 2.75) is 11.8 Å². The molecular formula is C14H15NS. The molecule has 0 spiro atoms. The summed E-state index contributed by atoms with van der Waals surface area (Å²) >= 11 is 1.86. The molecular weight excluding hydrogens is 214 g/mol. The summed E-state index contributed by atoms with van der Waals surface area (Å²) in [5.74, 6) is 1.08. The fourth-order valence-electron chi connectivity index (χ4n) is 1.69. The lowest BCUT2D eigenvalue weighted by molar-refractivity contribution is 1.42. The lowest BCUT2D eigenvalue weighted by Crippen LogP contribution is -1.87. The highest BCUT2D eigenvalue weighted by Crippen LogP contribution is 2.31. The second kappa shape index (κ2) is 5.08. The summed E-state index contributed by atoms with van der Waals surface area (Å²) in [5, 5.41) is 0. The van der Waals surface area contributed by atoms with Gasteiger partial charge in [0.25, 0.3) is 0 Å². The van der Waals surface area contributed by atoms with Gasteiger partial charge in [-0.2, -0.15) is 0 Å². The summed E-state index contributed by atoms with van der Waals surface area (Å²) in [6, 6.07) is 16.5. The van der Waals surface area contributed by atoms with E-state index < -0.39 is 0 Å². The van der Waals surface area contributed by atoms with Gasteiger partial charge >= 0.3 is 0 Å². The van der Waals surface area contributed by atoms with Crippen LogP contribution in [0.1, 0.15) is 6.92 Å². The van der Waals surface area contributed by atoms with Crippen LogP contribution in [0.4, 0.5) is 5.69 Å². The Kier molecular flexibility index (Phi) is 3.52. The van der Waals surface area contributed by atoms with Crippen LogP contribution in [-0.2, 0) is 0 Å². The van der Waals surface area contributed by atoms with Gasteiger partial charge in [0.1, 0.15) is 0 Å². The zero-order valence-electron chi connectivity index (χ0n) is 9.31. The first-order chi connectivity index (χ1) is 7.81. The van der Waals surface area contributed by atoms with Crippen LogP contribution in [0.25, 0.3) is 11.1 Å². The van der Waals surface area contributed by atoms with Crippen molar-refractivity contribution in [3.8, 4) is 11.1 Å². The minimum Gasteiger partial charge on any atom is -0.399 e. The van der Waals surface area contributed by atoms with E-state index in [2.05, 4.69) is 37.3 Å². The van der Waals surface area contributed by atoms with Crippen molar-refractivity contribution >= 4 is 17.4 Å². The molecule has 0 aliphatic heterocycles. The molecule has 0 aliphatic rings. The molecule has 2 rings (SSSR count). The Bertz CT molecular complexity index is 480. The average molecular weight is 229 g/mol. The molecule has 0 saturated heterocycles. The van der Waals surface area contributed by atoms with E-state index in [9.17, 15) is 0 Å². The van der Waals surface area contributed by atoms with Crippen molar-refractivity contribution in [3.05, 3.63) is 48.5 Å². The molecule has 0 atom stereocenters.